The zero-order valence-corrected chi connectivity index (χ0v) is 22.4. The van der Waals surface area contributed by atoms with Gasteiger partial charge in [-0.3, -0.25) is 4.79 Å². The van der Waals surface area contributed by atoms with Crippen molar-refractivity contribution in [1.82, 2.24) is 15.1 Å². The number of hydrogen-bond donors (Lipinski definition) is 2. The second-order valence-corrected chi connectivity index (χ2v) is 10.6. The van der Waals surface area contributed by atoms with Gasteiger partial charge in [-0.25, -0.2) is 9.07 Å². The van der Waals surface area contributed by atoms with Gasteiger partial charge in [-0.05, 0) is 63.8 Å². The summed E-state index contributed by atoms with van der Waals surface area (Å²) >= 11 is 0. The first kappa shape index (κ1) is 25.7. The molecule has 36 heavy (non-hydrogen) atoms. The summed E-state index contributed by atoms with van der Waals surface area (Å²) in [4.78, 5) is 16.0. The van der Waals surface area contributed by atoms with E-state index in [9.17, 15) is 9.18 Å². The molecule has 1 atom stereocenters. The van der Waals surface area contributed by atoms with Crippen molar-refractivity contribution in [3.8, 4) is 0 Å². The van der Waals surface area contributed by atoms with Crippen LogP contribution in [0.1, 0.15) is 80.2 Å². The summed E-state index contributed by atoms with van der Waals surface area (Å²) < 4.78 is 16.6. The molecule has 2 aromatic carbocycles. The number of amides is 1. The van der Waals surface area contributed by atoms with E-state index in [4.69, 9.17) is 5.10 Å². The number of aromatic nitrogens is 2. The van der Waals surface area contributed by atoms with Crippen molar-refractivity contribution in [3.05, 3.63) is 76.7 Å². The molecule has 0 aliphatic carbocycles. The van der Waals surface area contributed by atoms with Crippen LogP contribution in [-0.4, -0.2) is 29.8 Å². The largest absolute Gasteiger partial charge is 0.378 e. The number of anilines is 2. The van der Waals surface area contributed by atoms with Crippen molar-refractivity contribution in [3.63, 3.8) is 0 Å². The summed E-state index contributed by atoms with van der Waals surface area (Å²) in [6, 6.07) is 14.9. The fourth-order valence-corrected chi connectivity index (χ4v) is 5.38. The van der Waals surface area contributed by atoms with Crippen LogP contribution in [0.15, 0.2) is 48.5 Å². The lowest BCUT2D eigenvalue weighted by Gasteiger charge is -2.39. The van der Waals surface area contributed by atoms with Gasteiger partial charge in [0.2, 0.25) is 0 Å². The minimum atomic E-state index is -0.516. The number of aryl methyl sites for hydroxylation is 1. The maximum atomic E-state index is 14.7. The van der Waals surface area contributed by atoms with Crippen LogP contribution in [-0.2, 0) is 11.1 Å². The second-order valence-electron chi connectivity index (χ2n) is 10.6. The number of rotatable bonds is 7. The Kier molecular flexibility index (Phi) is 6.86. The van der Waals surface area contributed by atoms with Crippen LogP contribution in [0.3, 0.4) is 0 Å². The maximum Gasteiger partial charge on any atom is 0.257 e. The Hall–Kier alpha value is -3.35. The zero-order chi connectivity index (χ0) is 26.3. The van der Waals surface area contributed by atoms with E-state index in [0.717, 1.165) is 24.1 Å². The molecule has 1 aliphatic heterocycles. The molecule has 1 aliphatic rings. The van der Waals surface area contributed by atoms with Crippen LogP contribution >= 0.6 is 0 Å². The van der Waals surface area contributed by atoms with E-state index in [1.165, 1.54) is 6.07 Å². The third kappa shape index (κ3) is 4.47. The Morgan fingerprint density at radius 1 is 1.17 bits per heavy atom. The highest BCUT2D eigenvalue weighted by atomic mass is 19.1. The Morgan fingerprint density at radius 2 is 1.81 bits per heavy atom. The topological polar surface area (TPSA) is 62.2 Å². The van der Waals surface area contributed by atoms with Crippen molar-refractivity contribution < 1.29 is 9.18 Å². The van der Waals surface area contributed by atoms with Gasteiger partial charge < -0.3 is 15.5 Å². The molecule has 0 radical (unpaired) electrons. The van der Waals surface area contributed by atoms with Crippen LogP contribution in [0, 0.1) is 12.7 Å². The molecule has 2 N–H and O–H groups in total. The summed E-state index contributed by atoms with van der Waals surface area (Å²) in [5.41, 5.74) is 3.03. The van der Waals surface area contributed by atoms with Crippen LogP contribution in [0.25, 0.3) is 0 Å². The summed E-state index contributed by atoms with van der Waals surface area (Å²) in [6.07, 6.45) is 2.14. The van der Waals surface area contributed by atoms with Gasteiger partial charge in [0.05, 0.1) is 22.8 Å². The number of carbonyl (C=O) groups excluding carboxylic acids is 1. The van der Waals surface area contributed by atoms with Gasteiger partial charge in [0.25, 0.3) is 5.91 Å². The number of benzene rings is 2. The van der Waals surface area contributed by atoms with E-state index in [-0.39, 0.29) is 17.8 Å². The molecular weight excluding hydrogens is 453 g/mol. The third-order valence-electron chi connectivity index (χ3n) is 7.65. The average Bonchev–Trinajstić information content (AvgIpc) is 3.19. The normalized spacial score (nSPS) is 16.7. The first-order valence-electron chi connectivity index (χ1n) is 12.7. The number of nitrogens with one attached hydrogen (secondary N) is 2. The third-order valence-corrected chi connectivity index (χ3v) is 7.65. The molecule has 1 amide bonds. The lowest BCUT2D eigenvalue weighted by Crippen LogP contribution is -2.45. The Morgan fingerprint density at radius 3 is 2.39 bits per heavy atom. The fourth-order valence-electron chi connectivity index (χ4n) is 5.38. The van der Waals surface area contributed by atoms with Crippen molar-refractivity contribution in [2.75, 3.05) is 24.3 Å². The summed E-state index contributed by atoms with van der Waals surface area (Å²) in [6.45, 7) is 10.2. The van der Waals surface area contributed by atoms with E-state index in [0.29, 0.717) is 29.1 Å². The number of carbonyl (C=O) groups is 1. The molecule has 2 heterocycles. The smallest absolute Gasteiger partial charge is 0.257 e. The molecule has 1 aromatic heterocycles. The van der Waals surface area contributed by atoms with Crippen molar-refractivity contribution in [1.29, 1.82) is 0 Å². The molecular formula is C29H38FN5O. The van der Waals surface area contributed by atoms with Gasteiger partial charge in [0.1, 0.15) is 17.2 Å². The highest BCUT2D eigenvalue weighted by Gasteiger charge is 2.40. The lowest BCUT2D eigenvalue weighted by molar-refractivity contribution is 0.0889. The van der Waals surface area contributed by atoms with Gasteiger partial charge in [0.15, 0.2) is 0 Å². The number of halogens is 1. The Labute approximate surface area is 213 Å². The molecule has 4 rings (SSSR count). The minimum Gasteiger partial charge on any atom is -0.378 e. The van der Waals surface area contributed by atoms with Crippen LogP contribution in [0.2, 0.25) is 0 Å². The van der Waals surface area contributed by atoms with Gasteiger partial charge in [-0.15, -0.1) is 0 Å². The summed E-state index contributed by atoms with van der Waals surface area (Å²) in [7, 11) is 4.03. The minimum absolute atomic E-state index is 0.174. The molecule has 6 nitrogen and oxygen atoms in total. The van der Waals surface area contributed by atoms with E-state index in [1.54, 1.807) is 12.1 Å². The average molecular weight is 492 g/mol. The predicted molar refractivity (Wildman–Crippen MR) is 144 cm³/mol. The van der Waals surface area contributed by atoms with Crippen molar-refractivity contribution in [2.24, 2.45) is 0 Å². The van der Waals surface area contributed by atoms with E-state index in [1.807, 2.05) is 31.8 Å². The van der Waals surface area contributed by atoms with E-state index in [2.05, 4.69) is 67.5 Å². The summed E-state index contributed by atoms with van der Waals surface area (Å²) in [5.74, 6) is 0.212. The Bertz CT molecular complexity index is 1240. The van der Waals surface area contributed by atoms with Gasteiger partial charge >= 0.3 is 0 Å². The van der Waals surface area contributed by atoms with Crippen molar-refractivity contribution >= 4 is 17.4 Å². The second kappa shape index (κ2) is 9.60. The predicted octanol–water partition coefficient (Wildman–Crippen LogP) is 6.13. The van der Waals surface area contributed by atoms with E-state index < -0.39 is 11.1 Å². The fraction of sp³-hybridized carbons (Fsp3) is 0.448. The van der Waals surface area contributed by atoms with Gasteiger partial charge in [0, 0.05) is 25.3 Å². The summed E-state index contributed by atoms with van der Waals surface area (Å²) in [5, 5.41) is 11.6. The highest BCUT2D eigenvalue weighted by Crippen LogP contribution is 2.42. The van der Waals surface area contributed by atoms with Crippen molar-refractivity contribution in [2.45, 2.75) is 71.0 Å². The lowest BCUT2D eigenvalue weighted by atomic mass is 9.84. The highest BCUT2D eigenvalue weighted by molar-refractivity contribution is 6.00. The number of fused-ring (bicyclic) bond motifs is 1. The standard InChI is InChI=1S/C29H38FN5O/c1-8-29(9-2,20-14-16-21(17-15-20)34(6)7)32-27(36)25-19(3)33-35-26(25)31-24(18-28(35,4)5)22-12-10-11-13-23(22)30/h10-17,24,31H,8-9,18H2,1-7H3,(H,32,36). The molecule has 1 unspecified atom stereocenters. The van der Waals surface area contributed by atoms with Crippen LogP contribution < -0.4 is 15.5 Å². The van der Waals surface area contributed by atoms with E-state index >= 15 is 0 Å². The Balaban J connectivity index is 1.71. The quantitative estimate of drug-likeness (QED) is 0.417. The molecule has 0 fully saturated rings. The molecule has 7 heteroatoms. The molecule has 0 saturated carbocycles. The van der Waals surface area contributed by atoms with Gasteiger partial charge in [-0.2, -0.15) is 5.10 Å². The van der Waals surface area contributed by atoms with Crippen LogP contribution in [0.4, 0.5) is 15.9 Å². The molecule has 3 aromatic rings. The SMILES string of the molecule is CCC(CC)(NC(=O)c1c(C)nn2c1NC(c1ccccc1F)CC2(C)C)c1ccc(N(C)C)cc1. The van der Waals surface area contributed by atoms with Gasteiger partial charge in [-0.1, -0.05) is 44.2 Å². The zero-order valence-electron chi connectivity index (χ0n) is 22.4. The molecule has 0 bridgehead atoms. The first-order valence-corrected chi connectivity index (χ1v) is 12.7. The first-order chi connectivity index (χ1) is 17.0. The maximum absolute atomic E-state index is 14.7. The molecule has 0 saturated heterocycles. The molecule has 192 valence electrons. The monoisotopic (exact) mass is 491 g/mol. The number of nitrogens with zero attached hydrogens (tertiary/aromatic N) is 3. The molecule has 0 spiro atoms. The number of hydrogen-bond acceptors (Lipinski definition) is 4. The van der Waals surface area contributed by atoms with Crippen LogP contribution in [0.5, 0.6) is 0 Å².